The first-order chi connectivity index (χ1) is 34.5. The molecule has 0 aliphatic rings. The molecule has 0 bridgehead atoms. The van der Waals surface area contributed by atoms with Crippen LogP contribution in [0.5, 0.6) is 0 Å². The summed E-state index contributed by atoms with van der Waals surface area (Å²) in [4.78, 5) is 38.2. The molecule has 0 aliphatic heterocycles. The molecule has 0 radical (unpaired) electrons. The minimum absolute atomic E-state index is 0.0880. The van der Waals surface area contributed by atoms with Crippen LogP contribution in [-0.2, 0) is 28.6 Å². The lowest BCUT2D eigenvalue weighted by molar-refractivity contribution is -0.167. The van der Waals surface area contributed by atoms with E-state index in [9.17, 15) is 14.4 Å². The van der Waals surface area contributed by atoms with E-state index in [-0.39, 0.29) is 31.1 Å². The Morgan fingerprint density at radius 1 is 0.286 bits per heavy atom. The molecule has 0 spiro atoms. The predicted molar refractivity (Wildman–Crippen MR) is 302 cm³/mol. The molecule has 0 N–H and O–H groups in total. The highest BCUT2D eigenvalue weighted by atomic mass is 16.6. The summed E-state index contributed by atoms with van der Waals surface area (Å²) in [7, 11) is 0. The number of carbonyl (C=O) groups is 3. The minimum atomic E-state index is -0.790. The molecule has 404 valence electrons. The van der Waals surface area contributed by atoms with Gasteiger partial charge in [0.15, 0.2) is 6.10 Å². The van der Waals surface area contributed by atoms with Gasteiger partial charge in [0, 0.05) is 19.3 Å². The Morgan fingerprint density at radius 3 is 0.857 bits per heavy atom. The van der Waals surface area contributed by atoms with Crippen molar-refractivity contribution in [3.05, 3.63) is 72.9 Å². The van der Waals surface area contributed by atoms with Crippen LogP contribution in [0, 0.1) is 0 Å². The highest BCUT2D eigenvalue weighted by molar-refractivity contribution is 5.71. The summed E-state index contributed by atoms with van der Waals surface area (Å²) in [5, 5.41) is 0. The molecule has 0 rings (SSSR count). The van der Waals surface area contributed by atoms with Gasteiger partial charge in [-0.3, -0.25) is 14.4 Å². The van der Waals surface area contributed by atoms with Crippen molar-refractivity contribution in [2.45, 2.75) is 303 Å². The van der Waals surface area contributed by atoms with Gasteiger partial charge in [-0.25, -0.2) is 0 Å². The average Bonchev–Trinajstić information content (AvgIpc) is 3.36. The van der Waals surface area contributed by atoms with E-state index >= 15 is 0 Å². The van der Waals surface area contributed by atoms with Crippen molar-refractivity contribution >= 4 is 17.9 Å². The Balaban J connectivity index is 4.40. The second kappa shape index (κ2) is 58.4. The first kappa shape index (κ1) is 66.9. The summed E-state index contributed by atoms with van der Waals surface area (Å²) in [6, 6.07) is 0. The van der Waals surface area contributed by atoms with E-state index in [1.165, 1.54) is 161 Å². The molecule has 0 amide bonds. The number of rotatable bonds is 54. The fraction of sp³-hybridized carbons (Fsp3) is 0.766. The normalized spacial score (nSPS) is 12.6. The van der Waals surface area contributed by atoms with Gasteiger partial charge in [-0.1, -0.05) is 241 Å². The van der Waals surface area contributed by atoms with E-state index in [0.717, 1.165) is 96.3 Å². The molecular weight excluding hydrogens is 865 g/mol. The lowest BCUT2D eigenvalue weighted by Crippen LogP contribution is -2.30. The van der Waals surface area contributed by atoms with Crippen LogP contribution in [0.25, 0.3) is 0 Å². The Bertz CT molecular complexity index is 1310. The summed E-state index contributed by atoms with van der Waals surface area (Å²) in [5.74, 6) is -0.908. The van der Waals surface area contributed by atoms with Crippen LogP contribution in [0.15, 0.2) is 72.9 Å². The van der Waals surface area contributed by atoms with Gasteiger partial charge in [0.25, 0.3) is 0 Å². The van der Waals surface area contributed by atoms with Crippen molar-refractivity contribution in [1.29, 1.82) is 0 Å². The van der Waals surface area contributed by atoms with Crippen LogP contribution in [0.1, 0.15) is 297 Å². The lowest BCUT2D eigenvalue weighted by Gasteiger charge is -2.18. The number of hydrogen-bond donors (Lipinski definition) is 0. The van der Waals surface area contributed by atoms with Crippen molar-refractivity contribution in [3.63, 3.8) is 0 Å². The maximum Gasteiger partial charge on any atom is 0.306 e. The highest BCUT2D eigenvalue weighted by Gasteiger charge is 2.19. The molecule has 1 unspecified atom stereocenters. The number of unbranched alkanes of at least 4 members (excludes halogenated alkanes) is 31. The van der Waals surface area contributed by atoms with Crippen molar-refractivity contribution in [2.24, 2.45) is 0 Å². The van der Waals surface area contributed by atoms with Crippen molar-refractivity contribution in [3.8, 4) is 0 Å². The van der Waals surface area contributed by atoms with Gasteiger partial charge in [0.05, 0.1) is 0 Å². The summed E-state index contributed by atoms with van der Waals surface area (Å²) < 4.78 is 16.9. The first-order valence-electron chi connectivity index (χ1n) is 29.9. The van der Waals surface area contributed by atoms with E-state index in [2.05, 4.69) is 93.7 Å². The predicted octanol–water partition coefficient (Wildman–Crippen LogP) is 20.2. The zero-order valence-electron chi connectivity index (χ0n) is 46.3. The second-order valence-electron chi connectivity index (χ2n) is 19.9. The Hall–Kier alpha value is -3.15. The standard InChI is InChI=1S/C64H112O6/c1-4-7-10-13-16-19-22-25-28-30-31-32-33-35-36-39-42-45-48-51-54-57-63(66)69-60-61(59-68-62(65)56-53-50-47-44-41-38-27-24-21-18-15-12-9-6-3)70-64(67)58-55-52-49-46-43-40-37-34-29-26-23-20-17-14-11-8-5-2/h15,18,22,24-27,29-31,33,35,61H,4-14,16-17,19-21,23,28,32,34,36-60H2,1-3H3/b18-15-,25-22-,27-24-,29-26-,31-30-,35-33-. The number of esters is 3. The minimum Gasteiger partial charge on any atom is -0.462 e. The molecule has 0 aromatic rings. The molecule has 0 saturated heterocycles. The third-order valence-corrected chi connectivity index (χ3v) is 12.9. The highest BCUT2D eigenvalue weighted by Crippen LogP contribution is 2.15. The summed E-state index contributed by atoms with van der Waals surface area (Å²) >= 11 is 0. The number of hydrogen-bond acceptors (Lipinski definition) is 6. The number of carbonyl (C=O) groups excluding carboxylic acids is 3. The zero-order valence-corrected chi connectivity index (χ0v) is 46.3. The molecule has 0 saturated carbocycles. The molecule has 0 aromatic carbocycles. The number of ether oxygens (including phenoxy) is 3. The van der Waals surface area contributed by atoms with Crippen LogP contribution in [-0.4, -0.2) is 37.2 Å². The van der Waals surface area contributed by atoms with Crippen molar-refractivity contribution < 1.29 is 28.6 Å². The van der Waals surface area contributed by atoms with Crippen molar-refractivity contribution in [1.82, 2.24) is 0 Å². The summed E-state index contributed by atoms with van der Waals surface area (Å²) in [5.41, 5.74) is 0. The van der Waals surface area contributed by atoms with E-state index in [0.29, 0.717) is 19.3 Å². The quantitative estimate of drug-likeness (QED) is 0.0261. The van der Waals surface area contributed by atoms with E-state index < -0.39 is 6.10 Å². The smallest absolute Gasteiger partial charge is 0.306 e. The topological polar surface area (TPSA) is 78.9 Å². The third-order valence-electron chi connectivity index (χ3n) is 12.9. The maximum absolute atomic E-state index is 12.9. The van der Waals surface area contributed by atoms with Crippen LogP contribution >= 0.6 is 0 Å². The first-order valence-corrected chi connectivity index (χ1v) is 29.9. The Kier molecular flexibility index (Phi) is 55.8. The molecule has 0 aromatic heterocycles. The average molecular weight is 978 g/mol. The summed E-state index contributed by atoms with van der Waals surface area (Å²) in [6.45, 7) is 6.58. The second-order valence-corrected chi connectivity index (χ2v) is 19.9. The largest absolute Gasteiger partial charge is 0.462 e. The van der Waals surface area contributed by atoms with Gasteiger partial charge in [-0.15, -0.1) is 0 Å². The molecule has 0 heterocycles. The fourth-order valence-corrected chi connectivity index (χ4v) is 8.34. The molecule has 0 aliphatic carbocycles. The third kappa shape index (κ3) is 55.8. The monoisotopic (exact) mass is 977 g/mol. The van der Waals surface area contributed by atoms with E-state index in [1.54, 1.807) is 0 Å². The van der Waals surface area contributed by atoms with Gasteiger partial charge in [0.1, 0.15) is 13.2 Å². The zero-order chi connectivity index (χ0) is 50.7. The molecular formula is C64H112O6. The molecule has 70 heavy (non-hydrogen) atoms. The van der Waals surface area contributed by atoms with Gasteiger partial charge < -0.3 is 14.2 Å². The molecule has 1 atom stereocenters. The Labute approximate surface area is 433 Å². The van der Waals surface area contributed by atoms with Crippen LogP contribution in [0.2, 0.25) is 0 Å². The van der Waals surface area contributed by atoms with E-state index in [1.807, 2.05) is 0 Å². The molecule has 6 heteroatoms. The lowest BCUT2D eigenvalue weighted by atomic mass is 10.1. The molecule has 6 nitrogen and oxygen atoms in total. The van der Waals surface area contributed by atoms with Gasteiger partial charge in [0.2, 0.25) is 0 Å². The Morgan fingerprint density at radius 2 is 0.529 bits per heavy atom. The molecule has 0 fully saturated rings. The van der Waals surface area contributed by atoms with Crippen LogP contribution in [0.4, 0.5) is 0 Å². The summed E-state index contributed by atoms with van der Waals surface area (Å²) in [6.07, 6.45) is 74.6. The van der Waals surface area contributed by atoms with Gasteiger partial charge in [-0.2, -0.15) is 0 Å². The van der Waals surface area contributed by atoms with Crippen molar-refractivity contribution in [2.75, 3.05) is 13.2 Å². The number of allylic oxidation sites excluding steroid dienone is 12. The van der Waals surface area contributed by atoms with Crippen LogP contribution < -0.4 is 0 Å². The van der Waals surface area contributed by atoms with Gasteiger partial charge >= 0.3 is 17.9 Å². The van der Waals surface area contributed by atoms with Crippen LogP contribution in [0.3, 0.4) is 0 Å². The van der Waals surface area contributed by atoms with E-state index in [4.69, 9.17) is 14.2 Å². The maximum atomic E-state index is 12.9. The SMILES string of the molecule is CCCC/C=C\C/C=C\CCCCCCCC(=O)OCC(COC(=O)CCCCCCCC/C=C\C/C=C\C/C=C\CCCCCCC)OC(=O)CCCCCCCCC/C=C\CCCCCCCC. The van der Waals surface area contributed by atoms with Gasteiger partial charge in [-0.05, 0) is 109 Å². The fourth-order valence-electron chi connectivity index (χ4n) is 8.34.